The molecule has 0 aromatic heterocycles. The van der Waals surface area contributed by atoms with Crippen LogP contribution in [0.5, 0.6) is 5.75 Å². The van der Waals surface area contributed by atoms with Crippen LogP contribution in [0.15, 0.2) is 24.8 Å². The van der Waals surface area contributed by atoms with Gasteiger partial charge in [0.25, 0.3) is 0 Å². The number of benzene rings is 1. The van der Waals surface area contributed by atoms with E-state index in [1.54, 1.807) is 6.08 Å². The molecule has 0 fully saturated rings. The van der Waals surface area contributed by atoms with Crippen LogP contribution < -0.4 is 4.74 Å². The van der Waals surface area contributed by atoms with E-state index in [0.29, 0.717) is 6.61 Å². The van der Waals surface area contributed by atoms with E-state index in [9.17, 15) is 5.11 Å². The summed E-state index contributed by atoms with van der Waals surface area (Å²) in [7, 11) is 0. The lowest BCUT2D eigenvalue weighted by Gasteiger charge is -2.16. The van der Waals surface area contributed by atoms with Crippen LogP contribution in [0.25, 0.3) is 6.08 Å². The summed E-state index contributed by atoms with van der Waals surface area (Å²) in [6.07, 6.45) is 2.78. The van der Waals surface area contributed by atoms with E-state index in [0.717, 1.165) is 23.3 Å². The van der Waals surface area contributed by atoms with E-state index >= 15 is 0 Å². The van der Waals surface area contributed by atoms with E-state index < -0.39 is 0 Å². The van der Waals surface area contributed by atoms with E-state index in [4.69, 9.17) is 4.74 Å². The van der Waals surface area contributed by atoms with Gasteiger partial charge in [-0.15, -0.1) is 0 Å². The van der Waals surface area contributed by atoms with Gasteiger partial charge in [-0.1, -0.05) is 38.6 Å². The first kappa shape index (κ1) is 12.8. The first-order valence-corrected chi connectivity index (χ1v) is 5.73. The first-order chi connectivity index (χ1) is 7.74. The van der Waals surface area contributed by atoms with Crippen molar-refractivity contribution in [3.63, 3.8) is 0 Å². The molecule has 0 aliphatic heterocycles. The van der Waals surface area contributed by atoms with Crippen LogP contribution in [0, 0.1) is 0 Å². The quantitative estimate of drug-likeness (QED) is 0.797. The maximum absolute atomic E-state index is 9.20. The molecule has 0 aliphatic rings. The van der Waals surface area contributed by atoms with E-state index in [1.807, 2.05) is 25.1 Å². The van der Waals surface area contributed by atoms with Gasteiger partial charge in [0.05, 0.1) is 6.61 Å². The Balaban J connectivity index is 3.05. The third-order valence-electron chi connectivity index (χ3n) is 2.57. The van der Waals surface area contributed by atoms with Crippen LogP contribution in [0.2, 0.25) is 0 Å². The number of ether oxygens (including phenoxy) is 1. The topological polar surface area (TPSA) is 29.5 Å². The molecule has 0 radical (unpaired) electrons. The van der Waals surface area contributed by atoms with Gasteiger partial charge in [0, 0.05) is 18.1 Å². The molecule has 0 saturated heterocycles. The summed E-state index contributed by atoms with van der Waals surface area (Å²) in [4.78, 5) is 0. The molecule has 0 saturated carbocycles. The molecule has 0 spiro atoms. The molecular weight excluding hydrogens is 200 g/mol. The van der Waals surface area contributed by atoms with Crippen LogP contribution in [0.4, 0.5) is 0 Å². The van der Waals surface area contributed by atoms with Gasteiger partial charge in [0.15, 0.2) is 0 Å². The van der Waals surface area contributed by atoms with Crippen molar-refractivity contribution < 1.29 is 9.84 Å². The lowest BCUT2D eigenvalue weighted by molar-refractivity contribution is 0.272. The van der Waals surface area contributed by atoms with Crippen molar-refractivity contribution in [3.8, 4) is 5.75 Å². The van der Waals surface area contributed by atoms with Gasteiger partial charge < -0.3 is 9.84 Å². The van der Waals surface area contributed by atoms with Crippen molar-refractivity contribution in [1.82, 2.24) is 0 Å². The highest BCUT2D eigenvalue weighted by Crippen LogP contribution is 2.29. The molecule has 1 unspecified atom stereocenters. The van der Waals surface area contributed by atoms with Crippen LogP contribution in [-0.4, -0.2) is 18.3 Å². The highest BCUT2D eigenvalue weighted by Gasteiger charge is 2.11. The van der Waals surface area contributed by atoms with E-state index in [-0.39, 0.29) is 12.5 Å². The number of rotatable bonds is 6. The summed E-state index contributed by atoms with van der Waals surface area (Å²) in [6, 6.07) is 5.91. The monoisotopic (exact) mass is 220 g/mol. The van der Waals surface area contributed by atoms with Gasteiger partial charge in [0.2, 0.25) is 0 Å². The van der Waals surface area contributed by atoms with Crippen molar-refractivity contribution in [2.24, 2.45) is 0 Å². The molecule has 2 heteroatoms. The highest BCUT2D eigenvalue weighted by molar-refractivity contribution is 5.60. The predicted octanol–water partition coefficient (Wildman–Crippen LogP) is 3.21. The Bertz CT molecular complexity index is 345. The summed E-state index contributed by atoms with van der Waals surface area (Å²) in [5.41, 5.74) is 2.09. The second kappa shape index (κ2) is 6.33. The SMILES string of the molecule is C=Cc1c(OCCC)cccc1C(C)CO. The number of aliphatic hydroxyl groups is 1. The van der Waals surface area contributed by atoms with Gasteiger partial charge in [0.1, 0.15) is 5.75 Å². The fourth-order valence-corrected chi connectivity index (χ4v) is 1.65. The minimum absolute atomic E-state index is 0.109. The second-order valence-corrected chi connectivity index (χ2v) is 3.90. The smallest absolute Gasteiger partial charge is 0.126 e. The molecule has 1 rings (SSSR count). The maximum atomic E-state index is 9.20. The second-order valence-electron chi connectivity index (χ2n) is 3.90. The van der Waals surface area contributed by atoms with Gasteiger partial charge in [-0.3, -0.25) is 0 Å². The van der Waals surface area contributed by atoms with Crippen molar-refractivity contribution in [2.75, 3.05) is 13.2 Å². The van der Waals surface area contributed by atoms with Gasteiger partial charge in [-0.05, 0) is 18.1 Å². The average Bonchev–Trinajstić information content (AvgIpc) is 2.34. The largest absolute Gasteiger partial charge is 0.493 e. The number of hydrogen-bond acceptors (Lipinski definition) is 2. The minimum atomic E-state index is 0.109. The zero-order chi connectivity index (χ0) is 12.0. The van der Waals surface area contributed by atoms with Gasteiger partial charge >= 0.3 is 0 Å². The highest BCUT2D eigenvalue weighted by atomic mass is 16.5. The first-order valence-electron chi connectivity index (χ1n) is 5.73. The Hall–Kier alpha value is -1.28. The van der Waals surface area contributed by atoms with Crippen LogP contribution in [-0.2, 0) is 0 Å². The zero-order valence-electron chi connectivity index (χ0n) is 10.1. The minimum Gasteiger partial charge on any atom is -0.493 e. The molecule has 0 heterocycles. The Morgan fingerprint density at radius 3 is 2.81 bits per heavy atom. The molecular formula is C14H20O2. The van der Waals surface area contributed by atoms with Crippen LogP contribution >= 0.6 is 0 Å². The summed E-state index contributed by atoms with van der Waals surface area (Å²) in [6.45, 7) is 8.73. The number of aliphatic hydroxyl groups excluding tert-OH is 1. The fourth-order valence-electron chi connectivity index (χ4n) is 1.65. The lowest BCUT2D eigenvalue weighted by Crippen LogP contribution is -2.04. The molecule has 0 aliphatic carbocycles. The molecule has 1 aromatic rings. The third kappa shape index (κ3) is 2.86. The summed E-state index contributed by atoms with van der Waals surface area (Å²) >= 11 is 0. The fraction of sp³-hybridized carbons (Fsp3) is 0.429. The van der Waals surface area contributed by atoms with Crippen LogP contribution in [0.3, 0.4) is 0 Å². The Morgan fingerprint density at radius 1 is 1.50 bits per heavy atom. The van der Waals surface area contributed by atoms with Gasteiger partial charge in [-0.25, -0.2) is 0 Å². The zero-order valence-corrected chi connectivity index (χ0v) is 10.1. The molecule has 1 atom stereocenters. The Morgan fingerprint density at radius 2 is 2.25 bits per heavy atom. The van der Waals surface area contributed by atoms with Crippen molar-refractivity contribution in [3.05, 3.63) is 35.9 Å². The summed E-state index contributed by atoms with van der Waals surface area (Å²) in [5.74, 6) is 0.966. The van der Waals surface area contributed by atoms with Crippen molar-refractivity contribution in [1.29, 1.82) is 0 Å². The Kier molecular flexibility index (Phi) is 5.06. The normalized spacial score (nSPS) is 12.2. The average molecular weight is 220 g/mol. The van der Waals surface area contributed by atoms with Crippen LogP contribution in [0.1, 0.15) is 37.3 Å². The van der Waals surface area contributed by atoms with Crippen molar-refractivity contribution >= 4 is 6.08 Å². The maximum Gasteiger partial charge on any atom is 0.126 e. The summed E-state index contributed by atoms with van der Waals surface area (Å²) in [5, 5.41) is 9.20. The molecule has 2 nitrogen and oxygen atoms in total. The molecule has 16 heavy (non-hydrogen) atoms. The molecule has 1 aromatic carbocycles. The predicted molar refractivity (Wildman–Crippen MR) is 67.8 cm³/mol. The lowest BCUT2D eigenvalue weighted by atomic mass is 9.95. The van der Waals surface area contributed by atoms with Gasteiger partial charge in [-0.2, -0.15) is 0 Å². The molecule has 1 N–H and O–H groups in total. The standard InChI is InChI=1S/C14H20O2/c1-4-9-16-14-8-6-7-13(11(3)10-15)12(14)5-2/h5-8,11,15H,2,4,9-10H2,1,3H3. The third-order valence-corrected chi connectivity index (χ3v) is 2.57. The van der Waals surface area contributed by atoms with Crippen molar-refractivity contribution in [2.45, 2.75) is 26.2 Å². The molecule has 88 valence electrons. The Labute approximate surface area is 97.6 Å². The number of hydrogen-bond donors (Lipinski definition) is 1. The molecule has 0 amide bonds. The molecule has 0 bridgehead atoms. The van der Waals surface area contributed by atoms with E-state index in [2.05, 4.69) is 13.5 Å². The summed E-state index contributed by atoms with van der Waals surface area (Å²) < 4.78 is 5.66. The van der Waals surface area contributed by atoms with E-state index in [1.165, 1.54) is 0 Å².